The quantitative estimate of drug-likeness (QED) is 0.646. The molecule has 0 atom stereocenters. The highest BCUT2D eigenvalue weighted by Crippen LogP contribution is 2.49. The van der Waals surface area contributed by atoms with Gasteiger partial charge in [0.15, 0.2) is 0 Å². The lowest BCUT2D eigenvalue weighted by Gasteiger charge is -2.10. The lowest BCUT2D eigenvalue weighted by Crippen LogP contribution is -2.06. The van der Waals surface area contributed by atoms with Gasteiger partial charge >= 0.3 is 0 Å². The van der Waals surface area contributed by atoms with Crippen LogP contribution in [0.2, 0.25) is 0 Å². The van der Waals surface area contributed by atoms with Gasteiger partial charge in [-0.05, 0) is 37.2 Å². The Labute approximate surface area is 84.9 Å². The lowest BCUT2D eigenvalue weighted by atomic mass is 9.97. The van der Waals surface area contributed by atoms with Crippen LogP contribution in [0.25, 0.3) is 0 Å². The van der Waals surface area contributed by atoms with Crippen molar-refractivity contribution in [3.8, 4) is 0 Å². The molecule has 0 unspecified atom stereocenters. The van der Waals surface area contributed by atoms with Crippen molar-refractivity contribution in [3.05, 3.63) is 35.4 Å². The topological polar surface area (TPSA) is 0 Å². The molecule has 0 amide bonds. The van der Waals surface area contributed by atoms with Crippen LogP contribution in [0, 0.1) is 12.3 Å². The van der Waals surface area contributed by atoms with Gasteiger partial charge in [0.05, 0.1) is 0 Å². The monoisotopic (exact) mass is 194 g/mol. The zero-order chi connectivity index (χ0) is 9.31. The summed E-state index contributed by atoms with van der Waals surface area (Å²) in [6, 6.07) is 8.75. The molecule has 0 saturated heterocycles. The molecule has 1 aliphatic carbocycles. The van der Waals surface area contributed by atoms with Gasteiger partial charge in [-0.2, -0.15) is 0 Å². The number of hydrogen-bond acceptors (Lipinski definition) is 0. The van der Waals surface area contributed by atoms with E-state index in [1.54, 1.807) is 0 Å². The van der Waals surface area contributed by atoms with Crippen molar-refractivity contribution >= 4 is 11.6 Å². The Balaban J connectivity index is 2.09. The number of hydrogen-bond donors (Lipinski definition) is 0. The molecule has 0 N–H and O–H groups in total. The first-order chi connectivity index (χ1) is 6.24. The van der Waals surface area contributed by atoms with Gasteiger partial charge in [-0.3, -0.25) is 0 Å². The number of rotatable bonds is 3. The second-order valence-electron chi connectivity index (χ2n) is 4.30. The fourth-order valence-electron chi connectivity index (χ4n) is 1.79. The molecule has 0 radical (unpaired) electrons. The first-order valence-electron chi connectivity index (χ1n) is 4.86. The first kappa shape index (κ1) is 9.08. The summed E-state index contributed by atoms with van der Waals surface area (Å²) in [7, 11) is 0. The Morgan fingerprint density at radius 2 is 2.15 bits per heavy atom. The fraction of sp³-hybridized carbons (Fsp3) is 0.500. The minimum Gasteiger partial charge on any atom is -0.126 e. The molecule has 0 nitrogen and oxygen atoms in total. The van der Waals surface area contributed by atoms with Crippen molar-refractivity contribution in [2.45, 2.75) is 26.2 Å². The van der Waals surface area contributed by atoms with E-state index in [2.05, 4.69) is 31.2 Å². The summed E-state index contributed by atoms with van der Waals surface area (Å²) in [5.41, 5.74) is 3.25. The summed E-state index contributed by atoms with van der Waals surface area (Å²) in [5, 5.41) is 0. The molecule has 1 fully saturated rings. The smallest absolute Gasteiger partial charge is 0.0283 e. The normalized spacial score (nSPS) is 18.6. The molecule has 0 heterocycles. The summed E-state index contributed by atoms with van der Waals surface area (Å²) in [6.45, 7) is 2.14. The summed E-state index contributed by atoms with van der Waals surface area (Å²) in [4.78, 5) is 0. The molecular weight excluding hydrogens is 180 g/mol. The van der Waals surface area contributed by atoms with Crippen LogP contribution in [0.1, 0.15) is 24.0 Å². The van der Waals surface area contributed by atoms with E-state index in [4.69, 9.17) is 11.6 Å². The van der Waals surface area contributed by atoms with Crippen molar-refractivity contribution in [2.24, 2.45) is 5.41 Å². The van der Waals surface area contributed by atoms with Crippen LogP contribution in [-0.4, -0.2) is 5.88 Å². The van der Waals surface area contributed by atoms with Crippen molar-refractivity contribution in [1.29, 1.82) is 0 Å². The summed E-state index contributed by atoms with van der Waals surface area (Å²) in [6.07, 6.45) is 3.78. The molecule has 0 spiro atoms. The van der Waals surface area contributed by atoms with Gasteiger partial charge in [0.1, 0.15) is 0 Å². The Hall–Kier alpha value is -0.490. The number of alkyl halides is 1. The number of aryl methyl sites for hydroxylation is 1. The maximum Gasteiger partial charge on any atom is 0.0283 e. The van der Waals surface area contributed by atoms with Gasteiger partial charge in [0.25, 0.3) is 0 Å². The minimum atomic E-state index is 0.454. The maximum atomic E-state index is 5.95. The third-order valence-electron chi connectivity index (χ3n) is 2.90. The minimum absolute atomic E-state index is 0.454. The zero-order valence-electron chi connectivity index (χ0n) is 8.02. The molecular formula is C12H15Cl. The van der Waals surface area contributed by atoms with E-state index in [1.807, 2.05) is 0 Å². The molecule has 0 bridgehead atoms. The second-order valence-corrected chi connectivity index (χ2v) is 4.57. The van der Waals surface area contributed by atoms with Crippen molar-refractivity contribution in [2.75, 3.05) is 5.88 Å². The van der Waals surface area contributed by atoms with Crippen LogP contribution in [0.4, 0.5) is 0 Å². The Bertz CT molecular complexity index is 300. The Morgan fingerprint density at radius 1 is 1.38 bits per heavy atom. The van der Waals surface area contributed by atoms with Crippen molar-refractivity contribution in [1.82, 2.24) is 0 Å². The van der Waals surface area contributed by atoms with Gasteiger partial charge in [0, 0.05) is 5.88 Å². The predicted molar refractivity (Wildman–Crippen MR) is 57.3 cm³/mol. The molecule has 2 rings (SSSR count). The molecule has 0 aromatic heterocycles. The van der Waals surface area contributed by atoms with Gasteiger partial charge in [-0.15, -0.1) is 11.6 Å². The van der Waals surface area contributed by atoms with Crippen LogP contribution < -0.4 is 0 Å². The molecule has 1 aromatic rings. The van der Waals surface area contributed by atoms with Crippen LogP contribution in [0.15, 0.2) is 24.3 Å². The van der Waals surface area contributed by atoms with Crippen LogP contribution >= 0.6 is 11.6 Å². The SMILES string of the molecule is Cc1cccc(CC2(CCl)CC2)c1. The summed E-state index contributed by atoms with van der Waals surface area (Å²) in [5.74, 6) is 0.820. The lowest BCUT2D eigenvalue weighted by molar-refractivity contribution is 0.578. The third kappa shape index (κ3) is 2.05. The van der Waals surface area contributed by atoms with Crippen LogP contribution in [0.5, 0.6) is 0 Å². The van der Waals surface area contributed by atoms with E-state index < -0.39 is 0 Å². The highest BCUT2D eigenvalue weighted by atomic mass is 35.5. The molecule has 0 aliphatic heterocycles. The standard InChI is InChI=1S/C12H15Cl/c1-10-3-2-4-11(7-10)8-12(9-13)5-6-12/h2-4,7H,5-6,8-9H2,1H3. The molecule has 70 valence electrons. The van der Waals surface area contributed by atoms with Crippen LogP contribution in [0.3, 0.4) is 0 Å². The van der Waals surface area contributed by atoms with Crippen LogP contribution in [-0.2, 0) is 6.42 Å². The third-order valence-corrected chi connectivity index (χ3v) is 3.47. The number of benzene rings is 1. The highest BCUT2D eigenvalue weighted by molar-refractivity contribution is 6.18. The van der Waals surface area contributed by atoms with Crippen molar-refractivity contribution in [3.63, 3.8) is 0 Å². The van der Waals surface area contributed by atoms with Gasteiger partial charge in [0.2, 0.25) is 0 Å². The van der Waals surface area contributed by atoms with Crippen molar-refractivity contribution < 1.29 is 0 Å². The average Bonchev–Trinajstić information content (AvgIpc) is 2.86. The first-order valence-corrected chi connectivity index (χ1v) is 5.39. The van der Waals surface area contributed by atoms with E-state index in [9.17, 15) is 0 Å². The molecule has 13 heavy (non-hydrogen) atoms. The van der Waals surface area contributed by atoms with E-state index in [-0.39, 0.29) is 0 Å². The van der Waals surface area contributed by atoms with Gasteiger partial charge in [-0.25, -0.2) is 0 Å². The largest absolute Gasteiger partial charge is 0.126 e. The summed E-state index contributed by atoms with van der Waals surface area (Å²) >= 11 is 5.95. The molecule has 1 aromatic carbocycles. The second kappa shape index (κ2) is 3.34. The summed E-state index contributed by atoms with van der Waals surface area (Å²) < 4.78 is 0. The predicted octanol–water partition coefficient (Wildman–Crippen LogP) is 3.56. The zero-order valence-corrected chi connectivity index (χ0v) is 8.77. The van der Waals surface area contributed by atoms with E-state index in [0.29, 0.717) is 5.41 Å². The van der Waals surface area contributed by atoms with E-state index in [0.717, 1.165) is 12.3 Å². The van der Waals surface area contributed by atoms with E-state index in [1.165, 1.54) is 24.0 Å². The van der Waals surface area contributed by atoms with Gasteiger partial charge < -0.3 is 0 Å². The maximum absolute atomic E-state index is 5.95. The number of halogens is 1. The Kier molecular flexibility index (Phi) is 2.33. The Morgan fingerprint density at radius 3 is 2.69 bits per heavy atom. The average molecular weight is 195 g/mol. The fourth-order valence-corrected chi connectivity index (χ4v) is 2.15. The van der Waals surface area contributed by atoms with E-state index >= 15 is 0 Å². The highest BCUT2D eigenvalue weighted by Gasteiger charge is 2.41. The molecule has 1 saturated carbocycles. The van der Waals surface area contributed by atoms with Gasteiger partial charge in [-0.1, -0.05) is 29.8 Å². The molecule has 1 heteroatoms. The molecule has 1 aliphatic rings.